The lowest BCUT2D eigenvalue weighted by Gasteiger charge is -2.09. The van der Waals surface area contributed by atoms with Crippen LogP contribution in [0.25, 0.3) is 33.7 Å². The van der Waals surface area contributed by atoms with Crippen LogP contribution in [-0.2, 0) is 17.8 Å². The maximum absolute atomic E-state index is 12.9. The maximum atomic E-state index is 12.9. The number of imidazole rings is 1. The van der Waals surface area contributed by atoms with Crippen molar-refractivity contribution in [3.63, 3.8) is 0 Å². The van der Waals surface area contributed by atoms with Crippen LogP contribution < -0.4 is 11.2 Å². The molecular weight excluding hydrogens is 428 g/mol. The zero-order valence-corrected chi connectivity index (χ0v) is 18.8. The van der Waals surface area contributed by atoms with E-state index in [1.165, 1.54) is 4.57 Å². The number of ether oxygens (including phenoxy) is 1. The Labute approximate surface area is 195 Å². The molecule has 0 spiro atoms. The van der Waals surface area contributed by atoms with Crippen LogP contribution in [-0.4, -0.2) is 32.8 Å². The molecular formula is C27H24N4O3. The van der Waals surface area contributed by atoms with Gasteiger partial charge < -0.3 is 9.30 Å². The molecule has 0 amide bonds. The molecule has 0 radical (unpaired) electrons. The van der Waals surface area contributed by atoms with Gasteiger partial charge >= 0.3 is 5.69 Å². The van der Waals surface area contributed by atoms with E-state index in [-0.39, 0.29) is 0 Å². The first-order chi connectivity index (χ1) is 16.7. The van der Waals surface area contributed by atoms with Crippen LogP contribution in [0.5, 0.6) is 0 Å². The van der Waals surface area contributed by atoms with E-state index >= 15 is 0 Å². The Morgan fingerprint density at radius 1 is 0.794 bits per heavy atom. The molecule has 2 aromatic heterocycles. The van der Waals surface area contributed by atoms with Gasteiger partial charge in [-0.25, -0.2) is 9.78 Å². The molecule has 7 nitrogen and oxygen atoms in total. The van der Waals surface area contributed by atoms with Crippen molar-refractivity contribution < 1.29 is 4.74 Å². The van der Waals surface area contributed by atoms with Crippen molar-refractivity contribution in [2.45, 2.75) is 13.1 Å². The number of nitrogens with zero attached hydrogens (tertiary/aromatic N) is 3. The first kappa shape index (κ1) is 21.6. The zero-order valence-electron chi connectivity index (χ0n) is 18.8. The van der Waals surface area contributed by atoms with E-state index in [0.717, 1.165) is 22.3 Å². The largest absolute Gasteiger partial charge is 0.383 e. The minimum absolute atomic E-state index is 0.306. The Morgan fingerprint density at radius 2 is 1.41 bits per heavy atom. The number of aromatic nitrogens is 4. The van der Waals surface area contributed by atoms with Crippen LogP contribution in [0.2, 0.25) is 0 Å². The number of methoxy groups -OCH3 is 1. The number of hydrogen-bond acceptors (Lipinski definition) is 4. The summed E-state index contributed by atoms with van der Waals surface area (Å²) >= 11 is 0. The van der Waals surface area contributed by atoms with Gasteiger partial charge in [-0.1, -0.05) is 84.9 Å². The number of benzene rings is 3. The summed E-state index contributed by atoms with van der Waals surface area (Å²) in [4.78, 5) is 32.9. The summed E-state index contributed by atoms with van der Waals surface area (Å²) < 4.78 is 8.63. The van der Waals surface area contributed by atoms with Crippen LogP contribution in [0, 0.1) is 0 Å². The van der Waals surface area contributed by atoms with Crippen molar-refractivity contribution in [3.05, 3.63) is 111 Å². The molecule has 0 aliphatic heterocycles. The molecule has 5 aromatic rings. The smallest absolute Gasteiger partial charge is 0.330 e. The van der Waals surface area contributed by atoms with Crippen molar-refractivity contribution >= 4 is 11.2 Å². The second kappa shape index (κ2) is 9.33. The highest BCUT2D eigenvalue weighted by molar-refractivity contribution is 5.78. The first-order valence-electron chi connectivity index (χ1n) is 11.1. The van der Waals surface area contributed by atoms with Crippen LogP contribution in [0.3, 0.4) is 0 Å². The van der Waals surface area contributed by atoms with Gasteiger partial charge in [-0.05, 0) is 16.7 Å². The quantitative estimate of drug-likeness (QED) is 0.406. The number of nitrogens with one attached hydrogen (secondary N) is 1. The third-order valence-corrected chi connectivity index (χ3v) is 5.84. The van der Waals surface area contributed by atoms with E-state index in [9.17, 15) is 9.59 Å². The predicted molar refractivity (Wildman–Crippen MR) is 133 cm³/mol. The Bertz CT molecular complexity index is 1530. The lowest BCUT2D eigenvalue weighted by atomic mass is 10.0. The molecule has 3 aromatic carbocycles. The summed E-state index contributed by atoms with van der Waals surface area (Å²) in [7, 11) is 1.61. The Morgan fingerprint density at radius 3 is 2.09 bits per heavy atom. The van der Waals surface area contributed by atoms with E-state index < -0.39 is 11.2 Å². The first-order valence-corrected chi connectivity index (χ1v) is 11.1. The summed E-state index contributed by atoms with van der Waals surface area (Å²) in [6.07, 6.45) is 0. The van der Waals surface area contributed by atoms with Gasteiger partial charge in [-0.2, -0.15) is 0 Å². The van der Waals surface area contributed by atoms with Gasteiger partial charge in [0.05, 0.1) is 13.2 Å². The normalized spacial score (nSPS) is 11.2. The highest BCUT2D eigenvalue weighted by atomic mass is 16.5. The molecule has 0 saturated carbocycles. The molecule has 0 bridgehead atoms. The summed E-state index contributed by atoms with van der Waals surface area (Å²) in [6.45, 7) is 1.13. The molecule has 0 aliphatic carbocycles. The average molecular weight is 453 g/mol. The number of rotatable bonds is 7. The van der Waals surface area contributed by atoms with Gasteiger partial charge in [0.15, 0.2) is 11.2 Å². The number of H-pyrrole nitrogens is 1. The van der Waals surface area contributed by atoms with Gasteiger partial charge in [-0.3, -0.25) is 14.3 Å². The fraction of sp³-hybridized carbons (Fsp3) is 0.148. The number of fused-ring (bicyclic) bond motifs is 1. The Kier molecular flexibility index (Phi) is 5.93. The van der Waals surface area contributed by atoms with Crippen LogP contribution in [0.4, 0.5) is 0 Å². The molecule has 7 heteroatoms. The monoisotopic (exact) mass is 452 g/mol. The topological polar surface area (TPSA) is 81.9 Å². The summed E-state index contributed by atoms with van der Waals surface area (Å²) in [5.41, 5.74) is 3.77. The summed E-state index contributed by atoms with van der Waals surface area (Å²) in [5.74, 6) is 0.615. The minimum atomic E-state index is -0.483. The van der Waals surface area contributed by atoms with Gasteiger partial charge in [0.1, 0.15) is 5.82 Å². The number of hydrogen-bond donors (Lipinski definition) is 1. The van der Waals surface area contributed by atoms with Crippen molar-refractivity contribution in [1.29, 1.82) is 0 Å². The van der Waals surface area contributed by atoms with Crippen molar-refractivity contribution in [2.75, 3.05) is 13.7 Å². The van der Waals surface area contributed by atoms with Crippen LogP contribution in [0.1, 0.15) is 5.56 Å². The third kappa shape index (κ3) is 4.09. The Hall–Kier alpha value is -4.23. The maximum Gasteiger partial charge on any atom is 0.330 e. The SMILES string of the molecule is COCCn1c(-c2ccc(-c3ccccc3)cc2)nc2c1c(=O)[nH]c(=O)n2Cc1ccccc1. The van der Waals surface area contributed by atoms with Crippen molar-refractivity contribution in [3.8, 4) is 22.5 Å². The molecule has 170 valence electrons. The van der Waals surface area contributed by atoms with E-state index in [1.54, 1.807) is 7.11 Å². The van der Waals surface area contributed by atoms with Gasteiger partial charge in [0, 0.05) is 19.2 Å². The molecule has 0 unspecified atom stereocenters. The number of aromatic amines is 1. The molecule has 34 heavy (non-hydrogen) atoms. The zero-order chi connectivity index (χ0) is 23.5. The molecule has 5 rings (SSSR count). The van der Waals surface area contributed by atoms with Gasteiger partial charge in [0.2, 0.25) is 0 Å². The molecule has 0 atom stereocenters. The minimum Gasteiger partial charge on any atom is -0.383 e. The van der Waals surface area contributed by atoms with E-state index in [1.807, 2.05) is 77.4 Å². The van der Waals surface area contributed by atoms with Gasteiger partial charge in [-0.15, -0.1) is 0 Å². The molecule has 0 fully saturated rings. The second-order valence-corrected chi connectivity index (χ2v) is 8.03. The van der Waals surface area contributed by atoms with E-state index in [0.29, 0.717) is 36.7 Å². The summed E-state index contributed by atoms with van der Waals surface area (Å²) in [5, 5.41) is 0. The predicted octanol–water partition coefficient (Wildman–Crippen LogP) is 3.92. The summed E-state index contributed by atoms with van der Waals surface area (Å²) in [6, 6.07) is 27.8. The standard InChI is InChI=1S/C27H24N4O3/c1-34-17-16-30-23-25(31(27(33)29-26(23)32)18-19-8-4-2-5-9-19)28-24(30)22-14-12-21(13-15-22)20-10-6-3-7-11-20/h2-15H,16-18H2,1H3,(H,29,32,33). The second-order valence-electron chi connectivity index (χ2n) is 8.03. The molecule has 2 heterocycles. The van der Waals surface area contributed by atoms with E-state index in [4.69, 9.17) is 9.72 Å². The Balaban J connectivity index is 1.67. The lowest BCUT2D eigenvalue weighted by molar-refractivity contribution is 0.188. The molecule has 0 saturated heterocycles. The lowest BCUT2D eigenvalue weighted by Crippen LogP contribution is -2.31. The molecule has 1 N–H and O–H groups in total. The third-order valence-electron chi connectivity index (χ3n) is 5.84. The van der Waals surface area contributed by atoms with Crippen LogP contribution >= 0.6 is 0 Å². The highest BCUT2D eigenvalue weighted by Gasteiger charge is 2.20. The van der Waals surface area contributed by atoms with Crippen molar-refractivity contribution in [2.24, 2.45) is 0 Å². The fourth-order valence-corrected chi connectivity index (χ4v) is 4.15. The average Bonchev–Trinajstić information content (AvgIpc) is 3.26. The van der Waals surface area contributed by atoms with Crippen molar-refractivity contribution in [1.82, 2.24) is 19.1 Å². The van der Waals surface area contributed by atoms with Gasteiger partial charge in [0.25, 0.3) is 5.56 Å². The highest BCUT2D eigenvalue weighted by Crippen LogP contribution is 2.26. The van der Waals surface area contributed by atoms with Crippen LogP contribution in [0.15, 0.2) is 94.5 Å². The molecule has 0 aliphatic rings. The fourth-order valence-electron chi connectivity index (χ4n) is 4.15. The van der Waals surface area contributed by atoms with E-state index in [2.05, 4.69) is 17.1 Å².